The third-order valence-corrected chi connectivity index (χ3v) is 3.37. The van der Waals surface area contributed by atoms with Gasteiger partial charge in [-0.25, -0.2) is 0 Å². The summed E-state index contributed by atoms with van der Waals surface area (Å²) in [4.78, 5) is 10.7. The smallest absolute Gasteiger partial charge is 0.312 e. The van der Waals surface area contributed by atoms with E-state index in [0.717, 1.165) is 12.8 Å². The number of unbranched alkanes of at least 4 members (excludes halogenated alkanes) is 1. The number of nitrogens with zero attached hydrogens (tertiary/aromatic N) is 1. The molecule has 0 fully saturated rings. The van der Waals surface area contributed by atoms with Gasteiger partial charge in [0.25, 0.3) is 0 Å². The number of nitro benzene ring substituents is 1. The van der Waals surface area contributed by atoms with E-state index in [0.29, 0.717) is 17.9 Å². The fourth-order valence-corrected chi connectivity index (χ4v) is 1.97. The van der Waals surface area contributed by atoms with Gasteiger partial charge in [0.15, 0.2) is 5.75 Å². The molecular formula is C15H21NO3Si. The topological polar surface area (TPSA) is 52.4 Å². The van der Waals surface area contributed by atoms with Gasteiger partial charge >= 0.3 is 5.69 Å². The molecule has 0 aliphatic carbocycles. The maximum absolute atomic E-state index is 11.1. The van der Waals surface area contributed by atoms with Gasteiger partial charge in [-0.15, -0.1) is 5.54 Å². The second-order valence-electron chi connectivity index (χ2n) is 5.64. The first-order valence-corrected chi connectivity index (χ1v) is 10.3. The Labute approximate surface area is 121 Å². The summed E-state index contributed by atoms with van der Waals surface area (Å²) in [5.74, 6) is 3.35. The van der Waals surface area contributed by atoms with Crippen LogP contribution in [0.15, 0.2) is 18.2 Å². The molecule has 4 nitrogen and oxygen atoms in total. The number of benzene rings is 1. The summed E-state index contributed by atoms with van der Waals surface area (Å²) < 4.78 is 5.46. The Morgan fingerprint density at radius 1 is 1.35 bits per heavy atom. The molecule has 0 bridgehead atoms. The molecule has 0 aliphatic heterocycles. The van der Waals surface area contributed by atoms with Crippen molar-refractivity contribution in [1.82, 2.24) is 0 Å². The van der Waals surface area contributed by atoms with Crippen LogP contribution in [0.25, 0.3) is 0 Å². The monoisotopic (exact) mass is 291 g/mol. The molecule has 0 spiro atoms. The Bertz CT molecular complexity index is 538. The average Bonchev–Trinajstić information content (AvgIpc) is 2.36. The molecule has 108 valence electrons. The summed E-state index contributed by atoms with van der Waals surface area (Å²) in [5.41, 5.74) is 3.86. The zero-order chi connectivity index (χ0) is 15.2. The van der Waals surface area contributed by atoms with Crippen molar-refractivity contribution in [3.05, 3.63) is 33.9 Å². The van der Waals surface area contributed by atoms with Gasteiger partial charge in [-0.3, -0.25) is 10.1 Å². The highest BCUT2D eigenvalue weighted by atomic mass is 28.3. The molecule has 0 aromatic heterocycles. The first-order chi connectivity index (χ1) is 9.33. The molecule has 20 heavy (non-hydrogen) atoms. The normalized spacial score (nSPS) is 10.6. The minimum Gasteiger partial charge on any atom is -0.487 e. The second kappa shape index (κ2) is 7.11. The number of hydrogen-bond acceptors (Lipinski definition) is 3. The van der Waals surface area contributed by atoms with Crippen LogP contribution in [0.3, 0.4) is 0 Å². The van der Waals surface area contributed by atoms with Crippen LogP contribution in [0.4, 0.5) is 5.69 Å². The molecule has 5 heteroatoms. The zero-order valence-electron chi connectivity index (χ0n) is 12.5. The number of nitro groups is 1. The maximum atomic E-state index is 11.1. The van der Waals surface area contributed by atoms with E-state index in [1.807, 2.05) is 6.92 Å². The molecule has 0 aliphatic rings. The van der Waals surface area contributed by atoms with Crippen LogP contribution in [0, 0.1) is 21.6 Å². The lowest BCUT2D eigenvalue weighted by Crippen LogP contribution is -2.16. The van der Waals surface area contributed by atoms with Crippen molar-refractivity contribution >= 4 is 13.8 Å². The minimum atomic E-state index is -1.49. The van der Waals surface area contributed by atoms with E-state index in [1.165, 1.54) is 6.07 Å². The highest BCUT2D eigenvalue weighted by molar-refractivity contribution is 6.83. The standard InChI is InChI=1S/C15H21NO3Si/c1-5-6-10-19-15-8-7-13(9-11-20(2,3)4)12-14(15)16(17)18/h7-8,12H,5-6,10H2,1-4H3. The summed E-state index contributed by atoms with van der Waals surface area (Å²) >= 11 is 0. The molecule has 1 aromatic rings. The molecule has 1 aromatic carbocycles. The molecule has 1 rings (SSSR count). The fourth-order valence-electron chi connectivity index (χ4n) is 1.45. The van der Waals surface area contributed by atoms with Crippen molar-refractivity contribution in [2.24, 2.45) is 0 Å². The quantitative estimate of drug-likeness (QED) is 0.271. The number of ether oxygens (including phenoxy) is 1. The first-order valence-electron chi connectivity index (χ1n) is 6.78. The SMILES string of the molecule is CCCCOc1ccc(C#C[Si](C)(C)C)cc1[N+](=O)[O-]. The minimum absolute atomic E-state index is 0.0107. The highest BCUT2D eigenvalue weighted by Crippen LogP contribution is 2.28. The summed E-state index contributed by atoms with van der Waals surface area (Å²) in [6, 6.07) is 4.91. The summed E-state index contributed by atoms with van der Waals surface area (Å²) in [6.07, 6.45) is 1.88. The maximum Gasteiger partial charge on any atom is 0.312 e. The summed E-state index contributed by atoms with van der Waals surface area (Å²) in [5, 5.41) is 11.1. The first kappa shape index (κ1) is 16.3. The average molecular weight is 291 g/mol. The van der Waals surface area contributed by atoms with E-state index >= 15 is 0 Å². The van der Waals surface area contributed by atoms with E-state index in [-0.39, 0.29) is 5.69 Å². The number of hydrogen-bond donors (Lipinski definition) is 0. The largest absolute Gasteiger partial charge is 0.487 e. The van der Waals surface area contributed by atoms with Crippen LogP contribution in [0.5, 0.6) is 5.75 Å². The van der Waals surface area contributed by atoms with Crippen LogP contribution in [-0.2, 0) is 0 Å². The lowest BCUT2D eigenvalue weighted by molar-refractivity contribution is -0.385. The van der Waals surface area contributed by atoms with Crippen molar-refractivity contribution < 1.29 is 9.66 Å². The Morgan fingerprint density at radius 3 is 2.60 bits per heavy atom. The highest BCUT2D eigenvalue weighted by Gasteiger charge is 2.15. The van der Waals surface area contributed by atoms with Crippen molar-refractivity contribution in [3.8, 4) is 17.2 Å². The van der Waals surface area contributed by atoms with E-state index in [1.54, 1.807) is 12.1 Å². The van der Waals surface area contributed by atoms with Gasteiger partial charge in [0.1, 0.15) is 8.07 Å². The third-order valence-electron chi connectivity index (χ3n) is 2.49. The lowest BCUT2D eigenvalue weighted by atomic mass is 10.2. The molecule has 0 unspecified atom stereocenters. The van der Waals surface area contributed by atoms with Crippen LogP contribution in [0.1, 0.15) is 25.3 Å². The van der Waals surface area contributed by atoms with E-state index in [4.69, 9.17) is 4.74 Å². The van der Waals surface area contributed by atoms with Gasteiger partial charge in [0, 0.05) is 11.6 Å². The Balaban J connectivity index is 3.00. The predicted molar refractivity (Wildman–Crippen MR) is 83.7 cm³/mol. The van der Waals surface area contributed by atoms with Gasteiger partial charge in [-0.05, 0) is 18.6 Å². The van der Waals surface area contributed by atoms with E-state index < -0.39 is 13.0 Å². The Morgan fingerprint density at radius 2 is 2.05 bits per heavy atom. The van der Waals surface area contributed by atoms with Crippen molar-refractivity contribution in [3.63, 3.8) is 0 Å². The summed E-state index contributed by atoms with van der Waals surface area (Å²) in [7, 11) is -1.49. The Kier molecular flexibility index (Phi) is 5.77. The second-order valence-corrected chi connectivity index (χ2v) is 10.4. The van der Waals surface area contributed by atoms with Crippen molar-refractivity contribution in [1.29, 1.82) is 0 Å². The molecule has 0 saturated heterocycles. The Hall–Kier alpha value is -1.80. The number of rotatable bonds is 5. The molecule has 0 N–H and O–H groups in total. The van der Waals surface area contributed by atoms with Crippen LogP contribution >= 0.6 is 0 Å². The van der Waals surface area contributed by atoms with Crippen molar-refractivity contribution in [2.45, 2.75) is 39.4 Å². The van der Waals surface area contributed by atoms with Crippen LogP contribution in [0.2, 0.25) is 19.6 Å². The van der Waals surface area contributed by atoms with E-state index in [9.17, 15) is 10.1 Å². The van der Waals surface area contributed by atoms with Gasteiger partial charge in [-0.2, -0.15) is 0 Å². The predicted octanol–water partition coefficient (Wildman–Crippen LogP) is 4.00. The van der Waals surface area contributed by atoms with Gasteiger partial charge in [0.2, 0.25) is 0 Å². The lowest BCUT2D eigenvalue weighted by Gasteiger charge is -2.06. The van der Waals surface area contributed by atoms with Crippen molar-refractivity contribution in [2.75, 3.05) is 6.61 Å². The molecule has 0 radical (unpaired) electrons. The molecular weight excluding hydrogens is 270 g/mol. The van der Waals surface area contributed by atoms with Gasteiger partial charge < -0.3 is 4.74 Å². The molecule has 0 heterocycles. The van der Waals surface area contributed by atoms with E-state index in [2.05, 4.69) is 31.1 Å². The molecule has 0 saturated carbocycles. The zero-order valence-corrected chi connectivity index (χ0v) is 13.5. The van der Waals surface area contributed by atoms with Crippen LogP contribution < -0.4 is 4.74 Å². The fraction of sp³-hybridized carbons (Fsp3) is 0.467. The third kappa shape index (κ3) is 5.45. The van der Waals surface area contributed by atoms with Gasteiger partial charge in [0.05, 0.1) is 11.5 Å². The summed E-state index contributed by atoms with van der Waals surface area (Å²) in [6.45, 7) is 8.95. The van der Waals surface area contributed by atoms with Gasteiger partial charge in [-0.1, -0.05) is 38.9 Å². The molecule has 0 atom stereocenters. The molecule has 0 amide bonds. The van der Waals surface area contributed by atoms with Crippen LogP contribution in [-0.4, -0.2) is 19.6 Å².